The van der Waals surface area contributed by atoms with Gasteiger partial charge in [0.15, 0.2) is 5.03 Å². The van der Waals surface area contributed by atoms with E-state index in [1.54, 1.807) is 13.8 Å². The highest BCUT2D eigenvalue weighted by Crippen LogP contribution is 2.35. The Bertz CT molecular complexity index is 535. The standard InChI is InChI=1S/C12H18N4O3S2/c1-5-15(6-2)12(20)21-11-9(16(17)18)10(19-7-3)13-8(4)14-11/h5-7H2,1-4H3. The lowest BCUT2D eigenvalue weighted by Gasteiger charge is -2.20. The van der Waals surface area contributed by atoms with Crippen molar-refractivity contribution in [1.82, 2.24) is 14.9 Å². The molecule has 1 heterocycles. The molecule has 0 aliphatic carbocycles. The SMILES string of the molecule is CCOc1nc(C)nc(SC(=S)N(CC)CC)c1[N+](=O)[O-]. The van der Waals surface area contributed by atoms with Crippen LogP contribution in [0.15, 0.2) is 5.03 Å². The molecule has 0 saturated carbocycles. The highest BCUT2D eigenvalue weighted by atomic mass is 32.2. The van der Waals surface area contributed by atoms with Crippen LogP contribution < -0.4 is 4.74 Å². The quantitative estimate of drug-likeness (QED) is 0.259. The first-order valence-electron chi connectivity index (χ1n) is 6.57. The van der Waals surface area contributed by atoms with Crippen molar-refractivity contribution in [2.75, 3.05) is 19.7 Å². The molecule has 0 fully saturated rings. The van der Waals surface area contributed by atoms with Gasteiger partial charge in [-0.15, -0.1) is 0 Å². The number of rotatable bonds is 6. The second-order valence-corrected chi connectivity index (χ2v) is 5.58. The number of aryl methyl sites for hydroxylation is 1. The zero-order chi connectivity index (χ0) is 16.0. The number of hydrogen-bond acceptors (Lipinski definition) is 7. The third-order valence-corrected chi connectivity index (χ3v) is 4.02. The van der Waals surface area contributed by atoms with E-state index in [2.05, 4.69) is 9.97 Å². The average Bonchev–Trinajstić information content (AvgIpc) is 2.39. The van der Waals surface area contributed by atoms with Crippen molar-refractivity contribution in [2.24, 2.45) is 0 Å². The summed E-state index contributed by atoms with van der Waals surface area (Å²) in [6.07, 6.45) is 0. The van der Waals surface area contributed by atoms with Gasteiger partial charge in [0.2, 0.25) is 0 Å². The van der Waals surface area contributed by atoms with Crippen LogP contribution in [0, 0.1) is 17.0 Å². The molecule has 7 nitrogen and oxygen atoms in total. The van der Waals surface area contributed by atoms with E-state index in [0.29, 0.717) is 16.8 Å². The van der Waals surface area contributed by atoms with Crippen molar-refractivity contribution >= 4 is 34.0 Å². The smallest absolute Gasteiger partial charge is 0.363 e. The minimum absolute atomic E-state index is 0.0140. The fourth-order valence-electron chi connectivity index (χ4n) is 1.61. The van der Waals surface area contributed by atoms with E-state index in [1.165, 1.54) is 0 Å². The minimum Gasteiger partial charge on any atom is -0.473 e. The summed E-state index contributed by atoms with van der Waals surface area (Å²) in [4.78, 5) is 20.8. The van der Waals surface area contributed by atoms with E-state index >= 15 is 0 Å². The summed E-state index contributed by atoms with van der Waals surface area (Å²) < 4.78 is 5.80. The Balaban J connectivity index is 3.21. The van der Waals surface area contributed by atoms with Crippen molar-refractivity contribution in [3.05, 3.63) is 15.9 Å². The van der Waals surface area contributed by atoms with Crippen molar-refractivity contribution in [1.29, 1.82) is 0 Å². The van der Waals surface area contributed by atoms with Crippen LogP contribution in [0.25, 0.3) is 0 Å². The topological polar surface area (TPSA) is 81.4 Å². The van der Waals surface area contributed by atoms with Gasteiger partial charge in [-0.2, -0.15) is 4.98 Å². The normalized spacial score (nSPS) is 10.3. The van der Waals surface area contributed by atoms with Gasteiger partial charge in [0.25, 0.3) is 5.88 Å². The van der Waals surface area contributed by atoms with Gasteiger partial charge in [-0.05, 0) is 39.5 Å². The Morgan fingerprint density at radius 3 is 2.48 bits per heavy atom. The van der Waals surface area contributed by atoms with Crippen molar-refractivity contribution < 1.29 is 9.66 Å². The first-order valence-corrected chi connectivity index (χ1v) is 7.79. The Morgan fingerprint density at radius 2 is 2.00 bits per heavy atom. The molecule has 1 aromatic heterocycles. The number of ether oxygens (including phenoxy) is 1. The maximum Gasteiger partial charge on any atom is 0.363 e. The molecule has 0 aliphatic heterocycles. The lowest BCUT2D eigenvalue weighted by Crippen LogP contribution is -2.26. The zero-order valence-corrected chi connectivity index (χ0v) is 14.1. The molecule has 21 heavy (non-hydrogen) atoms. The van der Waals surface area contributed by atoms with E-state index in [9.17, 15) is 10.1 Å². The molecule has 0 saturated heterocycles. The largest absolute Gasteiger partial charge is 0.473 e. The summed E-state index contributed by atoms with van der Waals surface area (Å²) >= 11 is 6.41. The van der Waals surface area contributed by atoms with Gasteiger partial charge in [0.05, 0.1) is 11.5 Å². The molecule has 0 aliphatic rings. The number of nitrogens with zero attached hydrogens (tertiary/aromatic N) is 4. The van der Waals surface area contributed by atoms with E-state index in [-0.39, 0.29) is 16.6 Å². The molecule has 0 radical (unpaired) electrons. The molecule has 0 N–H and O–H groups in total. The lowest BCUT2D eigenvalue weighted by atomic mass is 10.5. The van der Waals surface area contributed by atoms with Gasteiger partial charge in [0.1, 0.15) is 10.1 Å². The minimum atomic E-state index is -0.530. The maximum atomic E-state index is 11.3. The number of hydrogen-bond donors (Lipinski definition) is 0. The molecule has 0 unspecified atom stereocenters. The molecule has 0 aromatic carbocycles. The number of aromatic nitrogens is 2. The molecule has 0 amide bonds. The van der Waals surface area contributed by atoms with E-state index in [4.69, 9.17) is 17.0 Å². The first kappa shape index (κ1) is 17.6. The Hall–Kier alpha value is -1.48. The van der Waals surface area contributed by atoms with Crippen LogP contribution in [0.3, 0.4) is 0 Å². The molecular formula is C12H18N4O3S2. The molecule has 0 atom stereocenters. The number of nitro groups is 1. The number of thiocarbonyl (C=S) groups is 1. The van der Waals surface area contributed by atoms with Crippen molar-refractivity contribution in [3.8, 4) is 5.88 Å². The molecular weight excluding hydrogens is 312 g/mol. The van der Waals surface area contributed by atoms with Gasteiger partial charge >= 0.3 is 5.69 Å². The monoisotopic (exact) mass is 330 g/mol. The first-order chi connectivity index (χ1) is 9.94. The number of thioether (sulfide) groups is 1. The predicted octanol–water partition coefficient (Wildman–Crippen LogP) is 2.81. The van der Waals surface area contributed by atoms with Crippen LogP contribution >= 0.6 is 24.0 Å². The molecule has 1 rings (SSSR count). The summed E-state index contributed by atoms with van der Waals surface area (Å²) in [6.45, 7) is 9.12. The van der Waals surface area contributed by atoms with Crippen LogP contribution in [0.4, 0.5) is 5.69 Å². The predicted molar refractivity (Wildman–Crippen MR) is 86.0 cm³/mol. The molecule has 0 bridgehead atoms. The van der Waals surface area contributed by atoms with Gasteiger partial charge in [-0.25, -0.2) is 4.98 Å². The maximum absolute atomic E-state index is 11.3. The Morgan fingerprint density at radius 1 is 1.38 bits per heavy atom. The van der Waals surface area contributed by atoms with Gasteiger partial charge < -0.3 is 9.64 Å². The fraction of sp³-hybridized carbons (Fsp3) is 0.583. The Kier molecular flexibility index (Phi) is 6.76. The van der Waals surface area contributed by atoms with Gasteiger partial charge in [-0.3, -0.25) is 10.1 Å². The van der Waals surface area contributed by atoms with Crippen molar-refractivity contribution in [2.45, 2.75) is 32.7 Å². The summed E-state index contributed by atoms with van der Waals surface area (Å²) in [5.74, 6) is 0.397. The Labute approximate surface area is 133 Å². The van der Waals surface area contributed by atoms with Crippen LogP contribution in [0.1, 0.15) is 26.6 Å². The fourth-order valence-corrected chi connectivity index (χ4v) is 3.09. The highest BCUT2D eigenvalue weighted by molar-refractivity contribution is 8.22. The summed E-state index contributed by atoms with van der Waals surface area (Å²) in [5, 5.41) is 11.5. The van der Waals surface area contributed by atoms with Crippen LogP contribution in [0.2, 0.25) is 0 Å². The van der Waals surface area contributed by atoms with Crippen LogP contribution in [-0.2, 0) is 0 Å². The van der Waals surface area contributed by atoms with Crippen LogP contribution in [0.5, 0.6) is 5.88 Å². The summed E-state index contributed by atoms with van der Waals surface area (Å²) in [6, 6.07) is 0. The lowest BCUT2D eigenvalue weighted by molar-refractivity contribution is -0.389. The second kappa shape index (κ2) is 8.08. The molecule has 116 valence electrons. The van der Waals surface area contributed by atoms with Crippen LogP contribution in [-0.4, -0.2) is 43.8 Å². The molecule has 1 aromatic rings. The third kappa shape index (κ3) is 4.50. The van der Waals surface area contributed by atoms with Crippen molar-refractivity contribution in [3.63, 3.8) is 0 Å². The summed E-state index contributed by atoms with van der Waals surface area (Å²) in [5.41, 5.74) is -0.234. The molecule has 0 spiro atoms. The van der Waals surface area contributed by atoms with E-state index < -0.39 is 4.92 Å². The van der Waals surface area contributed by atoms with E-state index in [1.807, 2.05) is 18.7 Å². The third-order valence-electron chi connectivity index (χ3n) is 2.60. The summed E-state index contributed by atoms with van der Waals surface area (Å²) in [7, 11) is 0. The molecule has 9 heteroatoms. The zero-order valence-electron chi connectivity index (χ0n) is 12.5. The van der Waals surface area contributed by atoms with Gasteiger partial charge in [0, 0.05) is 13.1 Å². The average molecular weight is 330 g/mol. The van der Waals surface area contributed by atoms with E-state index in [0.717, 1.165) is 24.9 Å². The second-order valence-electron chi connectivity index (χ2n) is 3.96. The van der Waals surface area contributed by atoms with Gasteiger partial charge in [-0.1, -0.05) is 12.2 Å². The highest BCUT2D eigenvalue weighted by Gasteiger charge is 2.27.